The van der Waals surface area contributed by atoms with Gasteiger partial charge in [-0.2, -0.15) is 0 Å². The van der Waals surface area contributed by atoms with Gasteiger partial charge in [-0.3, -0.25) is 0 Å². The molecule has 0 atom stereocenters. The Morgan fingerprint density at radius 1 is 0.846 bits per heavy atom. The second kappa shape index (κ2) is 10.6. The molecular weight excluding hydrogens is 324 g/mol. The van der Waals surface area contributed by atoms with E-state index in [1.807, 2.05) is 50.2 Å². The van der Waals surface area contributed by atoms with E-state index >= 15 is 0 Å². The highest BCUT2D eigenvalue weighted by Gasteiger charge is 2.04. The van der Waals surface area contributed by atoms with Gasteiger partial charge in [0.1, 0.15) is 11.5 Å². The van der Waals surface area contributed by atoms with Gasteiger partial charge in [-0.05, 0) is 62.6 Å². The number of hydrogen-bond acceptors (Lipinski definition) is 4. The van der Waals surface area contributed by atoms with Crippen LogP contribution in [0.2, 0.25) is 0 Å². The van der Waals surface area contributed by atoms with Gasteiger partial charge in [0, 0.05) is 18.8 Å². The SMILES string of the molecule is CC(C)CCOc1ccc(NCCNc2ccccc2OC(C)C)cc1. The highest BCUT2D eigenvalue weighted by Crippen LogP contribution is 2.24. The third-order valence-electron chi connectivity index (χ3n) is 3.84. The number of nitrogens with one attached hydrogen (secondary N) is 2. The Hall–Kier alpha value is -2.36. The van der Waals surface area contributed by atoms with Crippen molar-refractivity contribution in [2.24, 2.45) is 5.92 Å². The smallest absolute Gasteiger partial charge is 0.142 e. The molecule has 0 saturated heterocycles. The molecule has 0 radical (unpaired) electrons. The number of hydrogen-bond donors (Lipinski definition) is 2. The summed E-state index contributed by atoms with van der Waals surface area (Å²) >= 11 is 0. The molecule has 4 nitrogen and oxygen atoms in total. The lowest BCUT2D eigenvalue weighted by Crippen LogP contribution is -2.15. The Morgan fingerprint density at radius 2 is 1.54 bits per heavy atom. The monoisotopic (exact) mass is 356 g/mol. The highest BCUT2D eigenvalue weighted by atomic mass is 16.5. The van der Waals surface area contributed by atoms with Crippen molar-refractivity contribution in [1.82, 2.24) is 0 Å². The molecule has 0 saturated carbocycles. The van der Waals surface area contributed by atoms with E-state index in [9.17, 15) is 0 Å². The van der Waals surface area contributed by atoms with E-state index in [-0.39, 0.29) is 6.10 Å². The summed E-state index contributed by atoms with van der Waals surface area (Å²) < 4.78 is 11.6. The Balaban J connectivity index is 1.73. The van der Waals surface area contributed by atoms with Crippen molar-refractivity contribution in [3.8, 4) is 11.5 Å². The van der Waals surface area contributed by atoms with Crippen LogP contribution >= 0.6 is 0 Å². The van der Waals surface area contributed by atoms with Gasteiger partial charge < -0.3 is 20.1 Å². The summed E-state index contributed by atoms with van der Waals surface area (Å²) in [6, 6.07) is 16.2. The Kier molecular flexibility index (Phi) is 8.13. The zero-order valence-corrected chi connectivity index (χ0v) is 16.4. The maximum absolute atomic E-state index is 5.82. The van der Waals surface area contributed by atoms with Gasteiger partial charge in [-0.25, -0.2) is 0 Å². The quantitative estimate of drug-likeness (QED) is 0.527. The second-order valence-corrected chi connectivity index (χ2v) is 7.07. The van der Waals surface area contributed by atoms with E-state index in [1.165, 1.54) is 0 Å². The average Bonchev–Trinajstić information content (AvgIpc) is 2.60. The molecule has 0 spiro atoms. The standard InChI is InChI=1S/C22H32N2O2/c1-17(2)13-16-25-20-11-9-19(10-12-20)23-14-15-24-21-7-5-6-8-22(21)26-18(3)4/h5-12,17-18,23-24H,13-16H2,1-4H3. The number of benzene rings is 2. The molecule has 0 amide bonds. The summed E-state index contributed by atoms with van der Waals surface area (Å²) in [5.74, 6) is 2.49. The summed E-state index contributed by atoms with van der Waals surface area (Å²) in [5.41, 5.74) is 2.12. The fraction of sp³-hybridized carbons (Fsp3) is 0.455. The molecule has 0 fully saturated rings. The van der Waals surface area contributed by atoms with Crippen LogP contribution in [0.25, 0.3) is 0 Å². The van der Waals surface area contributed by atoms with Crippen LogP contribution in [0, 0.1) is 5.92 Å². The van der Waals surface area contributed by atoms with Crippen molar-refractivity contribution < 1.29 is 9.47 Å². The van der Waals surface area contributed by atoms with Crippen molar-refractivity contribution >= 4 is 11.4 Å². The molecule has 0 aliphatic heterocycles. The van der Waals surface area contributed by atoms with E-state index in [1.54, 1.807) is 0 Å². The van der Waals surface area contributed by atoms with Crippen molar-refractivity contribution in [2.75, 3.05) is 30.3 Å². The maximum atomic E-state index is 5.82. The molecule has 0 unspecified atom stereocenters. The molecule has 142 valence electrons. The Morgan fingerprint density at radius 3 is 2.23 bits per heavy atom. The molecule has 0 bridgehead atoms. The van der Waals surface area contributed by atoms with Crippen LogP contribution in [0.5, 0.6) is 11.5 Å². The molecule has 2 rings (SSSR count). The summed E-state index contributed by atoms with van der Waals surface area (Å²) in [7, 11) is 0. The molecule has 0 heterocycles. The molecule has 4 heteroatoms. The molecule has 0 aliphatic rings. The van der Waals surface area contributed by atoms with Gasteiger partial charge in [0.05, 0.1) is 18.4 Å². The lowest BCUT2D eigenvalue weighted by Gasteiger charge is -2.16. The molecular formula is C22H32N2O2. The molecule has 2 N–H and O–H groups in total. The third-order valence-corrected chi connectivity index (χ3v) is 3.84. The van der Waals surface area contributed by atoms with Gasteiger partial charge in [-0.15, -0.1) is 0 Å². The summed E-state index contributed by atoms with van der Waals surface area (Å²) in [5, 5.41) is 6.84. The molecule has 2 aromatic carbocycles. The molecule has 0 aliphatic carbocycles. The van der Waals surface area contributed by atoms with Crippen LogP contribution < -0.4 is 20.1 Å². The number of ether oxygens (including phenoxy) is 2. The number of para-hydroxylation sites is 2. The van der Waals surface area contributed by atoms with Crippen LogP contribution in [0.1, 0.15) is 34.1 Å². The highest BCUT2D eigenvalue weighted by molar-refractivity contribution is 5.56. The summed E-state index contributed by atoms with van der Waals surface area (Å²) in [6.45, 7) is 10.9. The van der Waals surface area contributed by atoms with E-state index in [0.717, 1.165) is 49.0 Å². The first kappa shape index (κ1) is 20.0. The first-order valence-corrected chi connectivity index (χ1v) is 9.51. The van der Waals surface area contributed by atoms with E-state index in [0.29, 0.717) is 5.92 Å². The fourth-order valence-corrected chi connectivity index (χ4v) is 2.45. The molecule has 26 heavy (non-hydrogen) atoms. The van der Waals surface area contributed by atoms with E-state index in [2.05, 4.69) is 36.6 Å². The van der Waals surface area contributed by atoms with E-state index in [4.69, 9.17) is 9.47 Å². The number of rotatable bonds is 11. The Labute approximate surface area is 157 Å². The molecule has 0 aromatic heterocycles. The maximum Gasteiger partial charge on any atom is 0.142 e. The molecule has 2 aromatic rings. The van der Waals surface area contributed by atoms with Crippen LogP contribution in [0.4, 0.5) is 11.4 Å². The lowest BCUT2D eigenvalue weighted by atomic mass is 10.1. The normalized spacial score (nSPS) is 10.8. The predicted octanol–water partition coefficient (Wildman–Crippen LogP) is 5.42. The zero-order chi connectivity index (χ0) is 18.8. The average molecular weight is 357 g/mol. The van der Waals surface area contributed by atoms with Crippen molar-refractivity contribution in [3.05, 3.63) is 48.5 Å². The minimum atomic E-state index is 0.164. The van der Waals surface area contributed by atoms with Crippen molar-refractivity contribution in [2.45, 2.75) is 40.2 Å². The fourth-order valence-electron chi connectivity index (χ4n) is 2.45. The largest absolute Gasteiger partial charge is 0.494 e. The van der Waals surface area contributed by atoms with Crippen molar-refractivity contribution in [3.63, 3.8) is 0 Å². The van der Waals surface area contributed by atoms with E-state index < -0.39 is 0 Å². The Bertz CT molecular complexity index is 639. The first-order valence-electron chi connectivity index (χ1n) is 9.51. The van der Waals surface area contributed by atoms with Crippen LogP contribution in [0.15, 0.2) is 48.5 Å². The zero-order valence-electron chi connectivity index (χ0n) is 16.4. The van der Waals surface area contributed by atoms with Crippen LogP contribution in [-0.2, 0) is 0 Å². The van der Waals surface area contributed by atoms with Crippen LogP contribution in [0.3, 0.4) is 0 Å². The van der Waals surface area contributed by atoms with Crippen molar-refractivity contribution in [1.29, 1.82) is 0 Å². The minimum Gasteiger partial charge on any atom is -0.494 e. The minimum absolute atomic E-state index is 0.164. The topological polar surface area (TPSA) is 42.5 Å². The number of anilines is 2. The van der Waals surface area contributed by atoms with Gasteiger partial charge in [-0.1, -0.05) is 26.0 Å². The van der Waals surface area contributed by atoms with Gasteiger partial charge in [0.25, 0.3) is 0 Å². The summed E-state index contributed by atoms with van der Waals surface area (Å²) in [4.78, 5) is 0. The van der Waals surface area contributed by atoms with Crippen LogP contribution in [-0.4, -0.2) is 25.8 Å². The first-order chi connectivity index (χ1) is 12.5. The predicted molar refractivity (Wildman–Crippen MR) is 111 cm³/mol. The third kappa shape index (κ3) is 7.26. The second-order valence-electron chi connectivity index (χ2n) is 7.07. The van der Waals surface area contributed by atoms with Gasteiger partial charge >= 0.3 is 0 Å². The van der Waals surface area contributed by atoms with Gasteiger partial charge in [0.2, 0.25) is 0 Å². The lowest BCUT2D eigenvalue weighted by molar-refractivity contribution is 0.243. The summed E-state index contributed by atoms with van der Waals surface area (Å²) in [6.07, 6.45) is 1.24. The van der Waals surface area contributed by atoms with Gasteiger partial charge in [0.15, 0.2) is 0 Å².